The minimum Gasteiger partial charge on any atom is -0.409 e. The van der Waals surface area contributed by atoms with Gasteiger partial charge in [0.05, 0.1) is 0 Å². The Morgan fingerprint density at radius 3 is 2.30 bits per heavy atom. The van der Waals surface area contributed by atoms with Crippen LogP contribution in [0.1, 0.15) is 25.7 Å². The molecule has 0 bridgehead atoms. The monoisotopic (exact) mass is 315 g/mol. The van der Waals surface area contributed by atoms with Crippen molar-refractivity contribution in [1.29, 1.82) is 0 Å². The number of amides is 1. The van der Waals surface area contributed by atoms with Crippen LogP contribution in [0, 0.1) is 5.41 Å². The summed E-state index contributed by atoms with van der Waals surface area (Å²) in [6.07, 6.45) is 2.84. The number of benzene rings is 1. The largest absolute Gasteiger partial charge is 0.409 e. The lowest BCUT2D eigenvalue weighted by Gasteiger charge is -2.26. The zero-order chi connectivity index (χ0) is 14.8. The van der Waals surface area contributed by atoms with Crippen molar-refractivity contribution < 1.29 is 10.0 Å². The number of nitrogens with two attached hydrogens (primary N) is 1. The number of nitrogens with zero attached hydrogens (tertiary/aromatic N) is 1. The lowest BCUT2D eigenvalue weighted by Crippen LogP contribution is -2.45. The molecule has 1 saturated carbocycles. The quantitative estimate of drug-likeness (QED) is 0.346. The molecule has 1 fully saturated rings. The molecule has 0 unspecified atom stereocenters. The highest BCUT2D eigenvalue weighted by Crippen LogP contribution is 2.39. The molecule has 0 aliphatic heterocycles. The lowest BCUT2D eigenvalue weighted by atomic mass is 9.83. The molecule has 7 heteroatoms. The molecule has 1 aliphatic rings. The molecule has 0 saturated heterocycles. The first kappa shape index (κ1) is 14.9. The average Bonchev–Trinajstić information content (AvgIpc) is 2.87. The van der Waals surface area contributed by atoms with Gasteiger partial charge in [0.1, 0.15) is 5.41 Å². The molecular weight excluding hydrogens is 301 g/mol. The number of hydrogen-bond acceptors (Lipinski definition) is 3. The summed E-state index contributed by atoms with van der Waals surface area (Å²) in [5.41, 5.74) is 5.25. The van der Waals surface area contributed by atoms with Crippen molar-refractivity contribution in [3.63, 3.8) is 0 Å². The van der Waals surface area contributed by atoms with Gasteiger partial charge < -0.3 is 16.3 Å². The second-order valence-corrected chi connectivity index (χ2v) is 5.76. The molecule has 1 aromatic rings. The molecule has 108 valence electrons. The predicted molar refractivity (Wildman–Crippen MR) is 79.4 cm³/mol. The summed E-state index contributed by atoms with van der Waals surface area (Å²) in [5, 5.41) is 15.5. The van der Waals surface area contributed by atoms with Gasteiger partial charge in [0.25, 0.3) is 0 Å². The van der Waals surface area contributed by atoms with E-state index in [1.807, 2.05) is 0 Å². The van der Waals surface area contributed by atoms with E-state index in [0.29, 0.717) is 28.6 Å². The first-order valence-corrected chi connectivity index (χ1v) is 6.99. The van der Waals surface area contributed by atoms with Crippen LogP contribution < -0.4 is 11.1 Å². The maximum absolute atomic E-state index is 12.5. The van der Waals surface area contributed by atoms with Crippen LogP contribution in [0.25, 0.3) is 0 Å². The number of carbonyl (C=O) groups is 1. The van der Waals surface area contributed by atoms with Gasteiger partial charge in [-0.1, -0.05) is 41.2 Å². The van der Waals surface area contributed by atoms with E-state index < -0.39 is 5.41 Å². The molecular formula is C13H15Cl2N3O2. The molecule has 0 atom stereocenters. The third kappa shape index (κ3) is 2.83. The maximum Gasteiger partial charge on any atom is 0.238 e. The van der Waals surface area contributed by atoms with E-state index in [2.05, 4.69) is 10.5 Å². The number of nitrogens with one attached hydrogen (secondary N) is 1. The van der Waals surface area contributed by atoms with E-state index in [1.54, 1.807) is 18.2 Å². The fourth-order valence-corrected chi connectivity index (χ4v) is 3.08. The summed E-state index contributed by atoms with van der Waals surface area (Å²) in [4.78, 5) is 12.5. The Labute approximate surface area is 126 Å². The fourth-order valence-electron chi connectivity index (χ4n) is 2.55. The van der Waals surface area contributed by atoms with Crippen molar-refractivity contribution in [1.82, 2.24) is 0 Å². The molecule has 5 nitrogen and oxygen atoms in total. The van der Waals surface area contributed by atoms with Gasteiger partial charge in [-0.3, -0.25) is 4.79 Å². The summed E-state index contributed by atoms with van der Waals surface area (Å²) >= 11 is 11.8. The topological polar surface area (TPSA) is 87.7 Å². The number of rotatable bonds is 3. The molecule has 4 N–H and O–H groups in total. The van der Waals surface area contributed by atoms with Crippen LogP contribution in [-0.2, 0) is 4.79 Å². The molecule has 20 heavy (non-hydrogen) atoms. The first-order valence-electron chi connectivity index (χ1n) is 6.23. The Hall–Kier alpha value is -1.46. The average molecular weight is 316 g/mol. The molecule has 1 aliphatic carbocycles. The van der Waals surface area contributed by atoms with Crippen LogP contribution in [0.3, 0.4) is 0 Å². The zero-order valence-corrected chi connectivity index (χ0v) is 12.2. The van der Waals surface area contributed by atoms with E-state index in [-0.39, 0.29) is 11.7 Å². The van der Waals surface area contributed by atoms with E-state index in [9.17, 15) is 4.79 Å². The minimum atomic E-state index is -0.955. The van der Waals surface area contributed by atoms with Crippen LogP contribution >= 0.6 is 23.2 Å². The van der Waals surface area contributed by atoms with Crippen molar-refractivity contribution in [2.45, 2.75) is 25.7 Å². The van der Waals surface area contributed by atoms with Crippen LogP contribution in [-0.4, -0.2) is 17.0 Å². The van der Waals surface area contributed by atoms with E-state index >= 15 is 0 Å². The standard InChI is InChI=1S/C13H15Cl2N3O2/c14-8-5-9(15)7-10(6-8)17-12(19)13(11(16)18-20)3-1-2-4-13/h5-7,20H,1-4H2,(H2,16,18)(H,17,19). The SMILES string of the molecule is NC(=NO)C1(C(=O)Nc2cc(Cl)cc(Cl)c2)CCCC1. The van der Waals surface area contributed by atoms with Gasteiger partial charge in [-0.05, 0) is 31.0 Å². The molecule has 0 heterocycles. The maximum atomic E-state index is 12.5. The second kappa shape index (κ2) is 5.89. The second-order valence-electron chi connectivity index (χ2n) is 4.89. The predicted octanol–water partition coefficient (Wildman–Crippen LogP) is 3.24. The Morgan fingerprint density at radius 1 is 1.25 bits per heavy atom. The molecule has 0 aromatic heterocycles. The van der Waals surface area contributed by atoms with Crippen LogP contribution in [0.15, 0.2) is 23.4 Å². The van der Waals surface area contributed by atoms with Crippen LogP contribution in [0.5, 0.6) is 0 Å². The highest BCUT2D eigenvalue weighted by atomic mass is 35.5. The summed E-state index contributed by atoms with van der Waals surface area (Å²) < 4.78 is 0. The molecule has 0 spiro atoms. The number of oxime groups is 1. The highest BCUT2D eigenvalue weighted by molar-refractivity contribution is 6.35. The van der Waals surface area contributed by atoms with Gasteiger partial charge in [-0.15, -0.1) is 0 Å². The lowest BCUT2D eigenvalue weighted by molar-refractivity contribution is -0.122. The van der Waals surface area contributed by atoms with Gasteiger partial charge in [-0.2, -0.15) is 0 Å². The zero-order valence-electron chi connectivity index (χ0n) is 10.7. The number of halogens is 2. The fraction of sp³-hybridized carbons (Fsp3) is 0.385. The number of carbonyl (C=O) groups excluding carboxylic acids is 1. The van der Waals surface area contributed by atoms with Crippen molar-refractivity contribution in [2.75, 3.05) is 5.32 Å². The Bertz CT molecular complexity index is 534. The Kier molecular flexibility index (Phi) is 4.40. The summed E-state index contributed by atoms with van der Waals surface area (Å²) in [6.45, 7) is 0. The number of amidine groups is 1. The summed E-state index contributed by atoms with van der Waals surface area (Å²) in [5.74, 6) is -0.357. The van der Waals surface area contributed by atoms with Gasteiger partial charge >= 0.3 is 0 Å². The van der Waals surface area contributed by atoms with Gasteiger partial charge in [0.2, 0.25) is 5.91 Å². The smallest absolute Gasteiger partial charge is 0.238 e. The third-order valence-corrected chi connectivity index (χ3v) is 4.05. The van der Waals surface area contributed by atoms with Gasteiger partial charge in [0.15, 0.2) is 5.84 Å². The molecule has 1 aromatic carbocycles. The van der Waals surface area contributed by atoms with E-state index in [1.165, 1.54) is 0 Å². The van der Waals surface area contributed by atoms with Crippen molar-refractivity contribution in [3.8, 4) is 0 Å². The van der Waals surface area contributed by atoms with Gasteiger partial charge in [-0.25, -0.2) is 0 Å². The van der Waals surface area contributed by atoms with Crippen molar-refractivity contribution in [2.24, 2.45) is 16.3 Å². The normalized spacial score (nSPS) is 18.0. The highest BCUT2D eigenvalue weighted by Gasteiger charge is 2.45. The molecule has 2 rings (SSSR count). The number of hydrogen-bond donors (Lipinski definition) is 3. The number of anilines is 1. The molecule has 1 amide bonds. The van der Waals surface area contributed by atoms with Crippen LogP contribution in [0.2, 0.25) is 10.0 Å². The minimum absolute atomic E-state index is 0.0550. The van der Waals surface area contributed by atoms with Crippen LogP contribution in [0.4, 0.5) is 5.69 Å². The van der Waals surface area contributed by atoms with E-state index in [4.69, 9.17) is 34.1 Å². The van der Waals surface area contributed by atoms with E-state index in [0.717, 1.165) is 12.8 Å². The Morgan fingerprint density at radius 2 is 1.80 bits per heavy atom. The van der Waals surface area contributed by atoms with Crippen molar-refractivity contribution >= 4 is 40.6 Å². The Balaban J connectivity index is 2.25. The van der Waals surface area contributed by atoms with Gasteiger partial charge in [0, 0.05) is 15.7 Å². The first-order chi connectivity index (χ1) is 9.48. The third-order valence-electron chi connectivity index (χ3n) is 3.61. The van der Waals surface area contributed by atoms with Crippen molar-refractivity contribution in [3.05, 3.63) is 28.2 Å². The summed E-state index contributed by atoms with van der Waals surface area (Å²) in [6, 6.07) is 4.77. The summed E-state index contributed by atoms with van der Waals surface area (Å²) in [7, 11) is 0. The molecule has 0 radical (unpaired) electrons.